The molecule has 0 amide bonds. The Morgan fingerprint density at radius 3 is 2.38 bits per heavy atom. The van der Waals surface area contributed by atoms with Crippen LogP contribution in [0.5, 0.6) is 0 Å². The second-order valence-electron chi connectivity index (χ2n) is 5.02. The first kappa shape index (κ1) is 17.1. The minimum atomic E-state index is -0.458. The Morgan fingerprint density at radius 2 is 1.71 bits per heavy atom. The third kappa shape index (κ3) is 8.07. The maximum atomic E-state index is 11.5. The second-order valence-corrected chi connectivity index (χ2v) is 5.02. The van der Waals surface area contributed by atoms with Crippen molar-refractivity contribution in [1.82, 2.24) is 0 Å². The number of carbonyl (C=O) groups excluding carboxylic acids is 1. The number of hydrogen-bond donors (Lipinski definition) is 0. The summed E-state index contributed by atoms with van der Waals surface area (Å²) >= 11 is 0. The monoisotopic (exact) mass is 292 g/mol. The third-order valence-electron chi connectivity index (χ3n) is 3.18. The lowest BCUT2D eigenvalue weighted by molar-refractivity contribution is -0.473. The molecule has 0 aromatic heterocycles. The molecule has 0 radical (unpaired) electrons. The van der Waals surface area contributed by atoms with Crippen LogP contribution in [0.1, 0.15) is 58.3 Å². The topological polar surface area (TPSA) is 64.7 Å². The van der Waals surface area contributed by atoms with E-state index < -0.39 is 5.97 Å². The molecule has 21 heavy (non-hydrogen) atoms. The summed E-state index contributed by atoms with van der Waals surface area (Å²) in [5.74, 6) is -0.458. The van der Waals surface area contributed by atoms with Gasteiger partial charge in [-0.1, -0.05) is 63.6 Å². The van der Waals surface area contributed by atoms with Crippen LogP contribution in [0.25, 0.3) is 0 Å². The first-order valence-corrected chi connectivity index (χ1v) is 7.67. The largest absolute Gasteiger partial charge is 0.592 e. The zero-order valence-electron chi connectivity index (χ0n) is 12.7. The van der Waals surface area contributed by atoms with Crippen LogP contribution in [0, 0.1) is 5.21 Å². The van der Waals surface area contributed by atoms with E-state index in [0.29, 0.717) is 17.0 Å². The maximum Gasteiger partial charge on any atom is 0.340 e. The van der Waals surface area contributed by atoms with E-state index >= 15 is 0 Å². The molecule has 116 valence electrons. The van der Waals surface area contributed by atoms with E-state index in [1.165, 1.54) is 25.7 Å². The number of nitrogens with zero attached hydrogens (tertiary/aromatic N) is 2. The molecule has 1 rings (SSSR count). The van der Waals surface area contributed by atoms with Gasteiger partial charge in [0.05, 0.1) is 0 Å². The molecule has 0 aliphatic carbocycles. The van der Waals surface area contributed by atoms with E-state index in [-0.39, 0.29) is 0 Å². The average Bonchev–Trinajstić information content (AvgIpc) is 2.52. The van der Waals surface area contributed by atoms with E-state index in [4.69, 9.17) is 0 Å². The number of unbranched alkanes of at least 4 members (excludes halogenated alkanes) is 6. The molecule has 0 aliphatic rings. The van der Waals surface area contributed by atoms with Crippen molar-refractivity contribution in [2.45, 2.75) is 58.3 Å². The smallest absolute Gasteiger partial charge is 0.340 e. The van der Waals surface area contributed by atoms with E-state index in [0.717, 1.165) is 19.3 Å². The Kier molecular flexibility index (Phi) is 8.84. The molecule has 0 aliphatic heterocycles. The van der Waals surface area contributed by atoms with Crippen LogP contribution < -0.4 is 0 Å². The van der Waals surface area contributed by atoms with E-state index in [9.17, 15) is 10.0 Å². The van der Waals surface area contributed by atoms with Crippen molar-refractivity contribution in [1.29, 1.82) is 0 Å². The average molecular weight is 292 g/mol. The van der Waals surface area contributed by atoms with Crippen LogP contribution in [0.15, 0.2) is 35.6 Å². The van der Waals surface area contributed by atoms with Crippen molar-refractivity contribution in [2.75, 3.05) is 0 Å². The highest BCUT2D eigenvalue weighted by molar-refractivity contribution is 5.68. The van der Waals surface area contributed by atoms with Gasteiger partial charge < -0.3 is 5.21 Å². The highest BCUT2D eigenvalue weighted by Gasteiger charge is 2.07. The molecule has 0 atom stereocenters. The molecule has 0 fully saturated rings. The summed E-state index contributed by atoms with van der Waals surface area (Å²) < 4.78 is 0. The van der Waals surface area contributed by atoms with Gasteiger partial charge in [-0.15, -0.1) is 0 Å². The highest BCUT2D eigenvalue weighted by atomic mass is 16.7. The summed E-state index contributed by atoms with van der Waals surface area (Å²) in [4.78, 5) is 16.3. The Hall–Kier alpha value is -1.91. The van der Waals surface area contributed by atoms with Crippen molar-refractivity contribution >= 4 is 11.7 Å². The van der Waals surface area contributed by atoms with Gasteiger partial charge >= 0.3 is 5.97 Å². The Morgan fingerprint density at radius 1 is 1.10 bits per heavy atom. The zero-order valence-corrected chi connectivity index (χ0v) is 12.7. The Labute approximate surface area is 126 Å². The zero-order chi connectivity index (χ0) is 15.3. The van der Waals surface area contributed by atoms with Crippen molar-refractivity contribution < 1.29 is 14.5 Å². The van der Waals surface area contributed by atoms with Crippen molar-refractivity contribution in [3.63, 3.8) is 0 Å². The quantitative estimate of drug-likeness (QED) is 0.267. The number of benzene rings is 1. The molecule has 1 aromatic carbocycles. The van der Waals surface area contributed by atoms with Crippen LogP contribution in [0.4, 0.5) is 5.69 Å². The minimum Gasteiger partial charge on any atom is -0.592 e. The molecular weight excluding hydrogens is 268 g/mol. The summed E-state index contributed by atoms with van der Waals surface area (Å²) in [5, 5.41) is 14.8. The first-order chi connectivity index (χ1) is 10.2. The lowest BCUT2D eigenvalue weighted by Crippen LogP contribution is -2.02. The first-order valence-electron chi connectivity index (χ1n) is 7.67. The Bertz CT molecular complexity index is 432. The fourth-order valence-electron chi connectivity index (χ4n) is 1.96. The molecule has 0 saturated carbocycles. The van der Waals surface area contributed by atoms with Gasteiger partial charge in [-0.25, -0.2) is 4.79 Å². The minimum absolute atomic E-state index is 0.305. The van der Waals surface area contributed by atoms with Gasteiger partial charge in [0, 0.05) is 18.6 Å². The van der Waals surface area contributed by atoms with Crippen LogP contribution in [-0.2, 0) is 9.63 Å². The molecular formula is C16H24N2O3. The van der Waals surface area contributed by atoms with Crippen molar-refractivity contribution in [3.05, 3.63) is 35.5 Å². The predicted octanol–water partition coefficient (Wildman–Crippen LogP) is 4.88. The third-order valence-corrected chi connectivity index (χ3v) is 3.18. The number of para-hydroxylation sites is 1. The van der Waals surface area contributed by atoms with Crippen LogP contribution in [0.3, 0.4) is 0 Å². The summed E-state index contributed by atoms with van der Waals surface area (Å²) in [6, 6.07) is 8.43. The number of rotatable bonds is 10. The van der Waals surface area contributed by atoms with Gasteiger partial charge in [0.2, 0.25) is 11.0 Å². The van der Waals surface area contributed by atoms with Gasteiger partial charge in [-0.3, -0.25) is 4.84 Å². The van der Waals surface area contributed by atoms with Gasteiger partial charge in [0.1, 0.15) is 0 Å². The van der Waals surface area contributed by atoms with Gasteiger partial charge in [-0.05, 0) is 11.3 Å². The van der Waals surface area contributed by atoms with Crippen LogP contribution >= 0.6 is 0 Å². The van der Waals surface area contributed by atoms with Gasteiger partial charge in [0.25, 0.3) is 0 Å². The van der Waals surface area contributed by atoms with Crippen molar-refractivity contribution in [2.24, 2.45) is 5.28 Å². The molecule has 5 heteroatoms. The second kappa shape index (κ2) is 10.8. The van der Waals surface area contributed by atoms with E-state index in [2.05, 4.69) is 17.0 Å². The summed E-state index contributed by atoms with van der Waals surface area (Å²) in [6.45, 7) is 2.19. The summed E-state index contributed by atoms with van der Waals surface area (Å²) in [6.07, 6.45) is 8.24. The van der Waals surface area contributed by atoms with Crippen molar-refractivity contribution in [3.8, 4) is 0 Å². The maximum absolute atomic E-state index is 11.5. The molecule has 0 N–H and O–H groups in total. The summed E-state index contributed by atoms with van der Waals surface area (Å²) in [7, 11) is 0. The van der Waals surface area contributed by atoms with Crippen LogP contribution in [0.2, 0.25) is 0 Å². The fraction of sp³-hybridized carbons (Fsp3) is 0.562. The van der Waals surface area contributed by atoms with Crippen LogP contribution in [-0.4, -0.2) is 10.8 Å². The van der Waals surface area contributed by atoms with Gasteiger partial charge in [0.15, 0.2) is 0 Å². The SMILES string of the molecule is CCCCCCCCCC(=O)O/N=[N+](\[O-])c1ccccc1. The molecule has 5 nitrogen and oxygen atoms in total. The molecule has 0 heterocycles. The summed E-state index contributed by atoms with van der Waals surface area (Å²) in [5.41, 5.74) is 0.334. The number of hydrogen-bond acceptors (Lipinski definition) is 4. The van der Waals surface area contributed by atoms with E-state index in [1.807, 2.05) is 0 Å². The molecule has 0 spiro atoms. The highest BCUT2D eigenvalue weighted by Crippen LogP contribution is 2.11. The lowest BCUT2D eigenvalue weighted by atomic mass is 10.1. The standard InChI is InChI=1S/C16H24N2O3/c1-2-3-4-5-6-7-11-14-16(19)21-17-18(20)15-12-9-8-10-13-15/h8-10,12-13H,2-7,11,14H2,1H3/b18-17-. The normalized spacial score (nSPS) is 11.4. The molecule has 0 saturated heterocycles. The molecule has 0 bridgehead atoms. The number of carbonyl (C=O) groups is 1. The fourth-order valence-corrected chi connectivity index (χ4v) is 1.96. The van der Waals surface area contributed by atoms with Gasteiger partial charge in [-0.2, -0.15) is 0 Å². The molecule has 1 aromatic rings. The predicted molar refractivity (Wildman–Crippen MR) is 80.9 cm³/mol. The lowest BCUT2D eigenvalue weighted by Gasteiger charge is -2.00. The molecule has 0 unspecified atom stereocenters. The Balaban J connectivity index is 2.14. The van der Waals surface area contributed by atoms with E-state index in [1.54, 1.807) is 30.3 Å².